The van der Waals surface area contributed by atoms with Crippen molar-refractivity contribution < 1.29 is 139 Å². The van der Waals surface area contributed by atoms with E-state index >= 15 is 0 Å². The van der Waals surface area contributed by atoms with Gasteiger partial charge in [-0.25, -0.2) is 0 Å². The number of hydrogen-bond donors (Lipinski definition) is 4. The second kappa shape index (κ2) is 43.9. The second-order valence-corrected chi connectivity index (χ2v) is 33.1. The van der Waals surface area contributed by atoms with Crippen molar-refractivity contribution >= 4 is 23.9 Å². The molecule has 16 atom stereocenters. The Morgan fingerprint density at radius 2 is 0.533 bits per heavy atom. The quantitative estimate of drug-likeness (QED) is 0.0303. The predicted octanol–water partition coefficient (Wildman–Crippen LogP) is 14.3. The van der Waals surface area contributed by atoms with Crippen LogP contribution in [0.25, 0.3) is 0 Å². The number of nitrogens with zero attached hydrogens (tertiary/aromatic N) is 4. The van der Waals surface area contributed by atoms with Crippen LogP contribution in [0.15, 0.2) is 48.3 Å². The summed E-state index contributed by atoms with van der Waals surface area (Å²) >= 11 is 0. The highest BCUT2D eigenvalue weighted by Crippen LogP contribution is 2.50. The molecule has 4 saturated heterocycles. The van der Waals surface area contributed by atoms with E-state index in [0.717, 1.165) is 0 Å². The topological polar surface area (TPSA) is 296 Å². The van der Waals surface area contributed by atoms with E-state index < -0.39 is 189 Å². The Kier molecular flexibility index (Phi) is 18.6. The maximum Gasteiger partial charge on any atom is 0.323 e. The van der Waals surface area contributed by atoms with Crippen LogP contribution in [0.4, 0.5) is 0 Å². The molecular weight excluding hydrogens is 1520 g/mol. The lowest BCUT2D eigenvalue weighted by atomic mass is 9.79. The molecule has 8 aliphatic rings. The number of benzene rings is 4. The first-order valence-electron chi connectivity index (χ1n) is 63.5. The molecule has 8 aliphatic heterocycles. The van der Waals surface area contributed by atoms with Crippen molar-refractivity contribution in [2.24, 2.45) is 93.9 Å². The fraction of sp³-hybridized carbons (Fsp3) is 0.708. The zero-order valence-electron chi connectivity index (χ0n) is 117. The third kappa shape index (κ3) is 23.8. The number of fused-ring (bicyclic) bond motifs is 12. The first-order valence-corrected chi connectivity index (χ1v) is 40.5. The van der Waals surface area contributed by atoms with Crippen molar-refractivity contribution in [2.75, 3.05) is 109 Å². The van der Waals surface area contributed by atoms with E-state index in [1.54, 1.807) is 0 Å². The summed E-state index contributed by atoms with van der Waals surface area (Å²) in [5, 5.41) is 0. The molecule has 0 spiro atoms. The second-order valence-electron chi connectivity index (χ2n) is 33.1. The Morgan fingerprint density at radius 3 is 0.708 bits per heavy atom. The van der Waals surface area contributed by atoms with Gasteiger partial charge in [0, 0.05) is 164 Å². The zero-order chi connectivity index (χ0) is 127. The molecule has 0 radical (unpaired) electrons. The predicted molar refractivity (Wildman–Crippen MR) is 471 cm³/mol. The van der Waals surface area contributed by atoms with E-state index in [4.69, 9.17) is 143 Å². The Hall–Kier alpha value is -7.16. The largest absolute Gasteiger partial charge is 0.493 e. The van der Waals surface area contributed by atoms with Gasteiger partial charge in [0.15, 0.2) is 46.0 Å². The molecule has 12 rings (SSSR count). The van der Waals surface area contributed by atoms with E-state index in [1.807, 2.05) is 65.2 Å². The van der Waals surface area contributed by atoms with Gasteiger partial charge in [0.2, 0.25) is 0 Å². The van der Waals surface area contributed by atoms with Gasteiger partial charge in [-0.15, -0.1) is 0 Å². The summed E-state index contributed by atoms with van der Waals surface area (Å²) in [6.45, 7) is -9.76. The Morgan fingerprint density at radius 1 is 0.342 bits per heavy atom. The van der Waals surface area contributed by atoms with Crippen molar-refractivity contribution in [2.45, 2.75) is 260 Å². The number of hydrogen-bond acceptors (Lipinski definition) is 24. The van der Waals surface area contributed by atoms with Crippen molar-refractivity contribution in [3.8, 4) is 46.0 Å². The highest BCUT2D eigenvalue weighted by Gasteiger charge is 2.47. The van der Waals surface area contributed by atoms with Crippen LogP contribution in [0.5, 0.6) is 46.0 Å². The van der Waals surface area contributed by atoms with E-state index in [2.05, 4.69) is 9.80 Å². The Balaban J connectivity index is 0.000000243. The van der Waals surface area contributed by atoms with Crippen molar-refractivity contribution in [1.29, 1.82) is 0 Å². The number of methoxy groups -OCH3 is 8. The maximum atomic E-state index is 13.4. The molecule has 0 saturated carbocycles. The minimum atomic E-state index is -3.71. The molecule has 4 fully saturated rings. The van der Waals surface area contributed by atoms with Gasteiger partial charge in [0.25, 0.3) is 0 Å². The lowest BCUT2D eigenvalue weighted by molar-refractivity contribution is -0.161. The van der Waals surface area contributed by atoms with Crippen LogP contribution in [-0.2, 0) is 63.8 Å². The van der Waals surface area contributed by atoms with Gasteiger partial charge in [-0.05, 0) is 191 Å². The fourth-order valence-corrected chi connectivity index (χ4v) is 17.8. The zero-order valence-corrected chi connectivity index (χ0v) is 71.0. The molecular formula is C96H152N8O16. The summed E-state index contributed by atoms with van der Waals surface area (Å²) in [6, 6.07) is -16.8. The van der Waals surface area contributed by atoms with Crippen LogP contribution in [0, 0.1) is 70.9 Å². The highest BCUT2D eigenvalue weighted by molar-refractivity contribution is 5.77. The first kappa shape index (κ1) is 50.7. The monoisotopic (exact) mass is 1720 g/mol. The van der Waals surface area contributed by atoms with Gasteiger partial charge in [-0.2, -0.15) is 0 Å². The van der Waals surface area contributed by atoms with E-state index in [-0.39, 0.29) is 167 Å². The molecule has 8 heterocycles. The Bertz CT molecular complexity index is 5690. The van der Waals surface area contributed by atoms with Crippen LogP contribution in [0.3, 0.4) is 0 Å². The smallest absolute Gasteiger partial charge is 0.323 e. The minimum Gasteiger partial charge on any atom is -0.493 e. The number of carbonyl (C=O) groups excluding carboxylic acids is 4. The van der Waals surface area contributed by atoms with E-state index in [9.17, 15) is 19.2 Å². The number of ether oxygens (including phenoxy) is 12. The van der Waals surface area contributed by atoms with Gasteiger partial charge in [0.1, 0.15) is 48.5 Å². The molecule has 0 aromatic heterocycles. The molecule has 4 aromatic rings. The molecule has 0 aliphatic carbocycles. The molecule has 0 amide bonds. The minimum absolute atomic E-state index is 0.00664. The van der Waals surface area contributed by atoms with Crippen LogP contribution in [0.2, 0.25) is 0 Å². The average Bonchev–Trinajstić information content (AvgIpc) is 0.719. The maximum absolute atomic E-state index is 13.4. The number of carbonyl (C=O) groups is 4. The van der Waals surface area contributed by atoms with E-state index in [1.165, 1.54) is 42.7 Å². The highest BCUT2D eigenvalue weighted by atomic mass is 16.6. The lowest BCUT2D eigenvalue weighted by Crippen LogP contribution is -2.51. The number of esters is 4. The normalized spacial score (nSPS) is 33.0. The molecule has 24 heteroatoms. The first-order chi connectivity index (χ1) is 75.2. The molecule has 0 bridgehead atoms. The van der Waals surface area contributed by atoms with Crippen LogP contribution in [0.1, 0.15) is 293 Å². The molecule has 24 nitrogen and oxygen atoms in total. The number of nitrogens with two attached hydrogens (primary N) is 4. The summed E-state index contributed by atoms with van der Waals surface area (Å²) in [5.74, 6) is -22.8. The average molecular weight is 1720 g/mol. The van der Waals surface area contributed by atoms with Crippen LogP contribution < -0.4 is 60.8 Å². The van der Waals surface area contributed by atoms with Crippen LogP contribution in [-0.4, -0.2) is 201 Å². The lowest BCUT2D eigenvalue weighted by Gasteiger charge is -2.47. The van der Waals surface area contributed by atoms with Crippen molar-refractivity contribution in [3.63, 3.8) is 0 Å². The summed E-state index contributed by atoms with van der Waals surface area (Å²) in [6.07, 6.45) is 0.204. The summed E-state index contributed by atoms with van der Waals surface area (Å²) in [5.41, 5.74) is 26.8. The number of piperidine rings is 4. The number of rotatable bonds is 28. The third-order valence-electron chi connectivity index (χ3n) is 23.2. The molecule has 120 heavy (non-hydrogen) atoms. The summed E-state index contributed by atoms with van der Waals surface area (Å²) in [7, 11) is 2.18. The third-order valence-corrected chi connectivity index (χ3v) is 23.2. The van der Waals surface area contributed by atoms with Gasteiger partial charge >= 0.3 is 23.9 Å². The standard InChI is InChI=1S/4C24H38N2O4/c4*1-14(2)9-17-13-26-8-7-16-10-21(28-5)22(29-6)11-18(16)19(26)12-20(17)30-24(27)23(25)15(3)4/h4*10-11,14-15,17,19-20,23H,7-9,12-13,25H2,1-6H3/t4*17?,19?,20?,23-/m0000/s1/i2*3D3,4D3,5D3,10D,11D,15D,23D;2*3D3,4D3,10D,11D,15D,23D. The van der Waals surface area contributed by atoms with Gasteiger partial charge in [0.05, 0.1) is 81.4 Å². The van der Waals surface area contributed by atoms with Gasteiger partial charge in [-0.1, -0.05) is 110 Å². The van der Waals surface area contributed by atoms with Crippen molar-refractivity contribution in [1.82, 2.24) is 19.6 Å². The van der Waals surface area contributed by atoms with Gasteiger partial charge < -0.3 is 79.8 Å². The molecule has 672 valence electrons. The molecule has 8 N–H and O–H groups in total. The Labute approximate surface area is 783 Å². The van der Waals surface area contributed by atoms with Crippen molar-refractivity contribution in [3.05, 3.63) is 92.8 Å². The molecule has 4 aromatic carbocycles. The van der Waals surface area contributed by atoms with Gasteiger partial charge in [-0.3, -0.25) is 38.8 Å². The summed E-state index contributed by atoms with van der Waals surface area (Å²) < 4.78 is 431. The van der Waals surface area contributed by atoms with E-state index in [0.29, 0.717) is 148 Å². The SMILES string of the molecule is [2H]c1c2c(c([2H])c(OC)c1OC([2H])([2H])[2H])C1CC(OC(=O)[C@@]([2H])(N)C([2H])(C([2H])([2H])[2H])C([2H])([2H])[2H])C(CC(C)C)CN1CC2.[2H]c1c2c(c([2H])c(OC)c1OC([2H])([2H])[2H])C1CC(OC(=O)[C@@]([2H])(N)C([2H])(C([2H])([2H])[2H])C([2H])([2H])[2H])C(CC(C)C)CN1CC2.[2H]c1c2c(c([2H])c(OC)c1OC)C1CC(OC(=O)[C@@]([2H])(N)C([2H])(C([2H])([2H])[2H])C([2H])([2H])[2H])C(CC(C)C)CN1CC2.[2H]c1c2c(c([2H])c(OC)c1OC)C1CC(OC(=O)[C@@]([2H])(N)C([2H])(C([2H])([2H])[2H])C([2H])([2H])[2H])C(CC(C)C)CN1CC2. The summed E-state index contributed by atoms with van der Waals surface area (Å²) in [4.78, 5) is 61.8. The molecule has 12 unspecified atom stereocenters. The van der Waals surface area contributed by atoms with Crippen LogP contribution >= 0.6 is 0 Å². The fourth-order valence-electron chi connectivity index (χ4n) is 17.8.